The van der Waals surface area contributed by atoms with Gasteiger partial charge in [0.1, 0.15) is 5.69 Å². The first-order chi connectivity index (χ1) is 10.7. The molecule has 1 aliphatic heterocycles. The van der Waals surface area contributed by atoms with Crippen molar-refractivity contribution in [2.45, 2.75) is 58.5 Å². The lowest BCUT2D eigenvalue weighted by molar-refractivity contribution is 0.238. The minimum Gasteiger partial charge on any atom is -0.320 e. The van der Waals surface area contributed by atoms with Gasteiger partial charge in [0, 0.05) is 19.6 Å². The first kappa shape index (κ1) is 18.4. The number of rotatable bonds is 7. The highest BCUT2D eigenvalue weighted by atomic mass is 32.2. The quantitative estimate of drug-likeness (QED) is 0.805. The first-order valence-corrected chi connectivity index (χ1v) is 10.0. The molecule has 1 saturated heterocycles. The lowest BCUT2D eigenvalue weighted by atomic mass is 9.99. The number of unbranched alkanes of at least 4 members (excludes halogenated alkanes) is 1. The maximum absolute atomic E-state index is 12.4. The van der Waals surface area contributed by atoms with Crippen molar-refractivity contribution >= 4 is 10.0 Å². The van der Waals surface area contributed by atoms with Gasteiger partial charge in [-0.25, -0.2) is 12.7 Å². The standard InChI is InChI=1S/C15H29N5O2S/c1-4-5-9-23(21,22)20-8-6-7-13(11-20)10-19-12-14(17-18-19)15(2,3)16/h12-13H,4-11,16H2,1-3H3/t13-/m0/s1. The average molecular weight is 343 g/mol. The molecule has 0 aromatic carbocycles. The minimum absolute atomic E-state index is 0.255. The molecular formula is C15H29N5O2S. The van der Waals surface area contributed by atoms with Crippen LogP contribution in [0.3, 0.4) is 0 Å². The van der Waals surface area contributed by atoms with Gasteiger partial charge in [-0.1, -0.05) is 18.6 Å². The molecule has 2 N–H and O–H groups in total. The summed E-state index contributed by atoms with van der Waals surface area (Å²) >= 11 is 0. The van der Waals surface area contributed by atoms with Crippen molar-refractivity contribution in [1.82, 2.24) is 19.3 Å². The van der Waals surface area contributed by atoms with Gasteiger partial charge in [0.2, 0.25) is 10.0 Å². The number of sulfonamides is 1. The molecule has 1 aromatic rings. The van der Waals surface area contributed by atoms with Gasteiger partial charge >= 0.3 is 0 Å². The Bertz CT molecular complexity index is 606. The van der Waals surface area contributed by atoms with E-state index in [9.17, 15) is 8.42 Å². The van der Waals surface area contributed by atoms with Crippen LogP contribution in [0, 0.1) is 5.92 Å². The molecule has 0 amide bonds. The maximum atomic E-state index is 12.4. The Morgan fingerprint density at radius 3 is 2.78 bits per heavy atom. The van der Waals surface area contributed by atoms with Gasteiger partial charge in [-0.05, 0) is 39.0 Å². The van der Waals surface area contributed by atoms with E-state index in [1.165, 1.54) is 0 Å². The van der Waals surface area contributed by atoms with Crippen molar-refractivity contribution < 1.29 is 8.42 Å². The minimum atomic E-state index is -3.12. The van der Waals surface area contributed by atoms with Crippen molar-refractivity contribution in [1.29, 1.82) is 0 Å². The molecular weight excluding hydrogens is 314 g/mol. The Balaban J connectivity index is 1.98. The van der Waals surface area contributed by atoms with Crippen LogP contribution in [0.1, 0.15) is 52.1 Å². The molecule has 2 rings (SSSR count). The van der Waals surface area contributed by atoms with Crippen LogP contribution in [-0.2, 0) is 22.1 Å². The van der Waals surface area contributed by atoms with Crippen molar-refractivity contribution in [3.63, 3.8) is 0 Å². The summed E-state index contributed by atoms with van der Waals surface area (Å²) in [6, 6.07) is 0. The summed E-state index contributed by atoms with van der Waals surface area (Å²) in [6.07, 6.45) is 5.40. The number of hydrogen-bond donors (Lipinski definition) is 1. The first-order valence-electron chi connectivity index (χ1n) is 8.39. The molecule has 1 aliphatic rings. The zero-order valence-corrected chi connectivity index (χ0v) is 15.2. The summed E-state index contributed by atoms with van der Waals surface area (Å²) in [5.74, 6) is 0.529. The summed E-state index contributed by atoms with van der Waals surface area (Å²) in [4.78, 5) is 0. The van der Waals surface area contributed by atoms with Gasteiger partial charge in [0.25, 0.3) is 0 Å². The average Bonchev–Trinajstić information content (AvgIpc) is 2.94. The van der Waals surface area contributed by atoms with Crippen LogP contribution < -0.4 is 5.73 Å². The second-order valence-corrected chi connectivity index (χ2v) is 9.17. The Morgan fingerprint density at radius 2 is 2.17 bits per heavy atom. The summed E-state index contributed by atoms with van der Waals surface area (Å²) in [6.45, 7) is 7.70. The fourth-order valence-corrected chi connectivity index (χ4v) is 4.59. The fraction of sp³-hybridized carbons (Fsp3) is 0.867. The lowest BCUT2D eigenvalue weighted by Crippen LogP contribution is -2.42. The van der Waals surface area contributed by atoms with E-state index in [0.29, 0.717) is 19.6 Å². The van der Waals surface area contributed by atoms with E-state index in [-0.39, 0.29) is 11.7 Å². The van der Waals surface area contributed by atoms with E-state index in [0.717, 1.165) is 31.4 Å². The number of piperidine rings is 1. The Kier molecular flexibility index (Phi) is 5.80. The summed E-state index contributed by atoms with van der Waals surface area (Å²) in [5, 5.41) is 8.25. The fourth-order valence-electron chi connectivity index (χ4n) is 2.83. The highest BCUT2D eigenvalue weighted by molar-refractivity contribution is 7.89. The van der Waals surface area contributed by atoms with Crippen molar-refractivity contribution in [2.75, 3.05) is 18.8 Å². The van der Waals surface area contributed by atoms with Crippen molar-refractivity contribution in [2.24, 2.45) is 11.7 Å². The van der Waals surface area contributed by atoms with Gasteiger partial charge in [0.15, 0.2) is 0 Å². The Hall–Kier alpha value is -0.990. The maximum Gasteiger partial charge on any atom is 0.214 e. The zero-order valence-electron chi connectivity index (χ0n) is 14.4. The molecule has 2 heterocycles. The molecule has 132 valence electrons. The van der Waals surface area contributed by atoms with E-state index < -0.39 is 15.6 Å². The molecule has 0 bridgehead atoms. The normalized spacial score (nSPS) is 20.8. The molecule has 1 aromatic heterocycles. The van der Waals surface area contributed by atoms with Crippen LogP contribution in [0.15, 0.2) is 6.20 Å². The molecule has 0 saturated carbocycles. The highest BCUT2D eigenvalue weighted by Gasteiger charge is 2.29. The molecule has 1 fully saturated rings. The van der Waals surface area contributed by atoms with Crippen LogP contribution >= 0.6 is 0 Å². The van der Waals surface area contributed by atoms with Crippen LogP contribution in [0.5, 0.6) is 0 Å². The van der Waals surface area contributed by atoms with Crippen LogP contribution in [-0.4, -0.2) is 46.6 Å². The summed E-state index contributed by atoms with van der Waals surface area (Å²) in [7, 11) is -3.12. The van der Waals surface area contributed by atoms with Gasteiger partial charge in [-0.15, -0.1) is 5.10 Å². The van der Waals surface area contributed by atoms with E-state index in [2.05, 4.69) is 10.3 Å². The van der Waals surface area contributed by atoms with Gasteiger partial charge in [0.05, 0.1) is 17.5 Å². The van der Waals surface area contributed by atoms with E-state index in [1.54, 1.807) is 8.99 Å². The van der Waals surface area contributed by atoms with Crippen LogP contribution in [0.2, 0.25) is 0 Å². The second kappa shape index (κ2) is 7.27. The molecule has 7 nitrogen and oxygen atoms in total. The van der Waals surface area contributed by atoms with Gasteiger partial charge < -0.3 is 5.73 Å². The molecule has 8 heteroatoms. The molecule has 1 atom stereocenters. The molecule has 0 spiro atoms. The predicted molar refractivity (Wildman–Crippen MR) is 90.2 cm³/mol. The smallest absolute Gasteiger partial charge is 0.214 e. The third-order valence-electron chi connectivity index (χ3n) is 4.28. The Morgan fingerprint density at radius 1 is 1.43 bits per heavy atom. The molecule has 0 radical (unpaired) electrons. The monoisotopic (exact) mass is 343 g/mol. The van der Waals surface area contributed by atoms with E-state index in [4.69, 9.17) is 5.73 Å². The molecule has 0 unspecified atom stereocenters. The van der Waals surface area contributed by atoms with E-state index >= 15 is 0 Å². The van der Waals surface area contributed by atoms with Crippen LogP contribution in [0.4, 0.5) is 0 Å². The predicted octanol–water partition coefficient (Wildman–Crippen LogP) is 1.31. The zero-order chi connectivity index (χ0) is 17.1. The lowest BCUT2D eigenvalue weighted by Gasteiger charge is -2.31. The summed E-state index contributed by atoms with van der Waals surface area (Å²) in [5.41, 5.74) is 6.26. The molecule has 23 heavy (non-hydrogen) atoms. The van der Waals surface area contributed by atoms with Gasteiger partial charge in [-0.3, -0.25) is 4.68 Å². The van der Waals surface area contributed by atoms with E-state index in [1.807, 2.05) is 27.0 Å². The topological polar surface area (TPSA) is 94.1 Å². The largest absolute Gasteiger partial charge is 0.320 e. The summed E-state index contributed by atoms with van der Waals surface area (Å²) < 4.78 is 28.1. The van der Waals surface area contributed by atoms with Gasteiger partial charge in [-0.2, -0.15) is 0 Å². The third-order valence-corrected chi connectivity index (χ3v) is 6.20. The molecule has 0 aliphatic carbocycles. The SMILES string of the molecule is CCCCS(=O)(=O)N1CCC[C@@H](Cn2cc(C(C)(C)N)nn2)C1. The third kappa shape index (κ3) is 4.99. The number of hydrogen-bond acceptors (Lipinski definition) is 5. The van der Waals surface area contributed by atoms with Crippen LogP contribution in [0.25, 0.3) is 0 Å². The van der Waals surface area contributed by atoms with Crippen molar-refractivity contribution in [3.05, 3.63) is 11.9 Å². The number of nitrogens with zero attached hydrogens (tertiary/aromatic N) is 4. The number of aromatic nitrogens is 3. The Labute approximate surface area is 139 Å². The highest BCUT2D eigenvalue weighted by Crippen LogP contribution is 2.22. The van der Waals surface area contributed by atoms with Crippen molar-refractivity contribution in [3.8, 4) is 0 Å². The number of nitrogens with two attached hydrogens (primary N) is 1. The second-order valence-electron chi connectivity index (χ2n) is 7.08.